The summed E-state index contributed by atoms with van der Waals surface area (Å²) in [5, 5.41) is 0.298. The second-order valence-electron chi connectivity index (χ2n) is 8.89. The van der Waals surface area contributed by atoms with Gasteiger partial charge in [-0.05, 0) is 75.6 Å². The van der Waals surface area contributed by atoms with Crippen LogP contribution in [0, 0.1) is 18.6 Å². The van der Waals surface area contributed by atoms with Gasteiger partial charge in [0, 0.05) is 30.6 Å². The van der Waals surface area contributed by atoms with Crippen LogP contribution in [0.3, 0.4) is 0 Å². The molecule has 28 heavy (non-hydrogen) atoms. The summed E-state index contributed by atoms with van der Waals surface area (Å²) < 4.78 is 34.4. The van der Waals surface area contributed by atoms with Crippen LogP contribution in [0.15, 0.2) is 6.07 Å². The molecule has 150 valence electrons. The fraction of sp³-hybridized carbons (Fsp3) is 0.545. The maximum atomic E-state index is 14.7. The minimum absolute atomic E-state index is 0.270. The number of amides is 1. The Hall–Kier alpha value is -2.24. The van der Waals surface area contributed by atoms with E-state index in [9.17, 15) is 13.6 Å². The van der Waals surface area contributed by atoms with Crippen molar-refractivity contribution in [1.82, 2.24) is 9.88 Å². The molecule has 6 heteroatoms. The Morgan fingerprint density at radius 1 is 1.21 bits per heavy atom. The number of aromatic nitrogens is 1. The Bertz CT molecular complexity index is 962. The van der Waals surface area contributed by atoms with Gasteiger partial charge in [-0.25, -0.2) is 13.6 Å². The van der Waals surface area contributed by atoms with E-state index in [4.69, 9.17) is 9.72 Å². The van der Waals surface area contributed by atoms with Gasteiger partial charge in [-0.1, -0.05) is 0 Å². The normalized spacial score (nSPS) is 17.4. The molecule has 1 aliphatic heterocycles. The average Bonchev–Trinajstić information content (AvgIpc) is 3.43. The first-order valence-corrected chi connectivity index (χ1v) is 9.93. The van der Waals surface area contributed by atoms with Crippen molar-refractivity contribution in [3.8, 4) is 0 Å². The predicted octanol–water partition coefficient (Wildman–Crippen LogP) is 5.03. The van der Waals surface area contributed by atoms with Crippen LogP contribution < -0.4 is 0 Å². The van der Waals surface area contributed by atoms with Crippen LogP contribution in [0.25, 0.3) is 10.9 Å². The molecule has 4 rings (SSSR count). The largest absolute Gasteiger partial charge is 0.444 e. The highest BCUT2D eigenvalue weighted by Gasteiger charge is 2.31. The Morgan fingerprint density at radius 3 is 2.54 bits per heavy atom. The number of nitrogens with zero attached hydrogens (tertiary/aromatic N) is 2. The molecule has 1 amide bonds. The smallest absolute Gasteiger partial charge is 0.410 e. The molecule has 2 aliphatic rings. The summed E-state index contributed by atoms with van der Waals surface area (Å²) in [6.07, 6.45) is 2.76. The van der Waals surface area contributed by atoms with Gasteiger partial charge in [-0.2, -0.15) is 0 Å². The third-order valence-electron chi connectivity index (χ3n) is 5.56. The number of ether oxygens (including phenoxy) is 1. The van der Waals surface area contributed by atoms with E-state index in [1.807, 2.05) is 27.7 Å². The summed E-state index contributed by atoms with van der Waals surface area (Å²) in [5.74, 6) is -1.35. The zero-order valence-electron chi connectivity index (χ0n) is 16.9. The molecule has 2 aromatic rings. The van der Waals surface area contributed by atoms with Crippen molar-refractivity contribution in [2.75, 3.05) is 13.1 Å². The van der Waals surface area contributed by atoms with E-state index in [1.165, 1.54) is 6.07 Å². The quantitative estimate of drug-likeness (QED) is 0.688. The van der Waals surface area contributed by atoms with Crippen LogP contribution in [-0.2, 0) is 17.6 Å². The zero-order chi connectivity index (χ0) is 20.2. The van der Waals surface area contributed by atoms with Crippen LogP contribution >= 0.6 is 0 Å². The lowest BCUT2D eigenvalue weighted by Gasteiger charge is -2.26. The number of rotatable bonds is 1. The summed E-state index contributed by atoms with van der Waals surface area (Å²) in [6, 6.07) is 1.32. The molecule has 2 heterocycles. The molecule has 0 unspecified atom stereocenters. The Kier molecular flexibility index (Phi) is 4.55. The second-order valence-corrected chi connectivity index (χ2v) is 8.89. The maximum absolute atomic E-state index is 14.7. The highest BCUT2D eigenvalue weighted by molar-refractivity contribution is 5.88. The van der Waals surface area contributed by atoms with Gasteiger partial charge in [0.15, 0.2) is 11.6 Å². The summed E-state index contributed by atoms with van der Waals surface area (Å²) in [6.45, 7) is 8.34. The number of carbonyl (C=O) groups excluding carboxylic acids is 1. The summed E-state index contributed by atoms with van der Waals surface area (Å²) >= 11 is 0. The zero-order valence-corrected chi connectivity index (χ0v) is 16.9. The SMILES string of the molecule is Cc1c2c(nc3c(C4CC4)cc(F)c(F)c13)CCN(C(=O)OC(C)(C)C)CC2. The lowest BCUT2D eigenvalue weighted by molar-refractivity contribution is 0.0258. The first-order chi connectivity index (χ1) is 13.2. The van der Waals surface area contributed by atoms with Crippen molar-refractivity contribution >= 4 is 17.0 Å². The van der Waals surface area contributed by atoms with E-state index in [-0.39, 0.29) is 12.0 Å². The van der Waals surface area contributed by atoms with E-state index in [1.54, 1.807) is 4.90 Å². The predicted molar refractivity (Wildman–Crippen MR) is 104 cm³/mol. The molecule has 1 aliphatic carbocycles. The second kappa shape index (κ2) is 6.68. The van der Waals surface area contributed by atoms with Crippen LogP contribution in [0.1, 0.15) is 61.9 Å². The Balaban J connectivity index is 1.73. The molecule has 0 atom stereocenters. The number of pyridine rings is 1. The fourth-order valence-corrected chi connectivity index (χ4v) is 4.02. The van der Waals surface area contributed by atoms with Gasteiger partial charge in [0.05, 0.1) is 5.52 Å². The minimum Gasteiger partial charge on any atom is -0.444 e. The van der Waals surface area contributed by atoms with Crippen LogP contribution in [0.2, 0.25) is 0 Å². The van der Waals surface area contributed by atoms with Crippen molar-refractivity contribution < 1.29 is 18.3 Å². The maximum Gasteiger partial charge on any atom is 0.410 e. The van der Waals surface area contributed by atoms with Crippen molar-refractivity contribution in [1.29, 1.82) is 0 Å². The van der Waals surface area contributed by atoms with E-state index in [2.05, 4.69) is 0 Å². The number of carbonyl (C=O) groups is 1. The lowest BCUT2D eigenvalue weighted by Crippen LogP contribution is -2.38. The molecule has 0 spiro atoms. The van der Waals surface area contributed by atoms with Crippen molar-refractivity contribution in [3.05, 3.63) is 40.1 Å². The molecule has 1 aromatic carbocycles. The van der Waals surface area contributed by atoms with Crippen LogP contribution in [0.5, 0.6) is 0 Å². The van der Waals surface area contributed by atoms with Gasteiger partial charge in [-0.15, -0.1) is 0 Å². The first-order valence-electron chi connectivity index (χ1n) is 9.93. The average molecular weight is 388 g/mol. The molecule has 0 N–H and O–H groups in total. The molecule has 0 saturated heterocycles. The standard InChI is InChI=1S/C22H26F2N2O2/c1-12-14-7-9-26(21(27)28-22(2,3)4)10-8-17(14)25-20-15(13-5-6-13)11-16(23)19(24)18(12)20/h11,13H,5-10H2,1-4H3. The van der Waals surface area contributed by atoms with Gasteiger partial charge in [0.2, 0.25) is 0 Å². The van der Waals surface area contributed by atoms with Gasteiger partial charge in [0.1, 0.15) is 5.60 Å². The lowest BCUT2D eigenvalue weighted by atomic mass is 9.95. The molecule has 0 bridgehead atoms. The highest BCUT2D eigenvalue weighted by atomic mass is 19.2. The van der Waals surface area contributed by atoms with Crippen molar-refractivity contribution in [2.45, 2.75) is 64.9 Å². The highest BCUT2D eigenvalue weighted by Crippen LogP contribution is 2.44. The monoisotopic (exact) mass is 388 g/mol. The van der Waals surface area contributed by atoms with E-state index >= 15 is 0 Å². The van der Waals surface area contributed by atoms with E-state index < -0.39 is 17.2 Å². The summed E-state index contributed by atoms with van der Waals surface area (Å²) in [4.78, 5) is 18.9. The molecule has 4 nitrogen and oxygen atoms in total. The van der Waals surface area contributed by atoms with E-state index in [0.29, 0.717) is 36.8 Å². The molecule has 1 fully saturated rings. The first kappa shape index (κ1) is 19.1. The van der Waals surface area contributed by atoms with Crippen LogP contribution in [0.4, 0.5) is 13.6 Å². The van der Waals surface area contributed by atoms with Crippen LogP contribution in [-0.4, -0.2) is 34.7 Å². The number of hydrogen-bond acceptors (Lipinski definition) is 3. The minimum atomic E-state index is -0.819. The van der Waals surface area contributed by atoms with Gasteiger partial charge >= 0.3 is 6.09 Å². The topological polar surface area (TPSA) is 42.4 Å². The molecule has 1 aromatic heterocycles. The van der Waals surface area contributed by atoms with Crippen molar-refractivity contribution in [3.63, 3.8) is 0 Å². The molecule has 0 radical (unpaired) electrons. The fourth-order valence-electron chi connectivity index (χ4n) is 4.02. The van der Waals surface area contributed by atoms with E-state index in [0.717, 1.165) is 35.2 Å². The van der Waals surface area contributed by atoms with Gasteiger partial charge in [0.25, 0.3) is 0 Å². The summed E-state index contributed by atoms with van der Waals surface area (Å²) in [5.41, 5.74) is 3.38. The summed E-state index contributed by atoms with van der Waals surface area (Å²) in [7, 11) is 0. The third kappa shape index (κ3) is 3.45. The van der Waals surface area contributed by atoms with Crippen molar-refractivity contribution in [2.24, 2.45) is 0 Å². The Labute approximate surface area is 163 Å². The van der Waals surface area contributed by atoms with Gasteiger partial charge in [-0.3, -0.25) is 4.98 Å². The number of hydrogen-bond donors (Lipinski definition) is 0. The number of benzene rings is 1. The Morgan fingerprint density at radius 2 is 1.89 bits per heavy atom. The number of halogens is 2. The van der Waals surface area contributed by atoms with Gasteiger partial charge < -0.3 is 9.64 Å². The third-order valence-corrected chi connectivity index (χ3v) is 5.56. The number of fused-ring (bicyclic) bond motifs is 2. The molecular formula is C22H26F2N2O2. The molecular weight excluding hydrogens is 362 g/mol. The molecule has 1 saturated carbocycles. The number of aryl methyl sites for hydroxylation is 1.